The predicted molar refractivity (Wildman–Crippen MR) is 83.6 cm³/mol. The third-order valence-electron chi connectivity index (χ3n) is 3.48. The van der Waals surface area contributed by atoms with Crippen LogP contribution in [0.15, 0.2) is 18.2 Å². The molecule has 0 saturated carbocycles. The average molecular weight is 316 g/mol. The molecule has 1 N–H and O–H groups in total. The molecule has 1 aliphatic heterocycles. The first-order chi connectivity index (χ1) is 9.58. The van der Waals surface area contributed by atoms with Crippen molar-refractivity contribution in [3.05, 3.63) is 28.2 Å². The van der Waals surface area contributed by atoms with Crippen LogP contribution in [0, 0.1) is 0 Å². The molecule has 1 heterocycles. The second-order valence-electron chi connectivity index (χ2n) is 4.88. The Hall–Kier alpha value is -0.810. The minimum Gasteiger partial charge on any atom is -0.324 e. The van der Waals surface area contributed by atoms with Crippen molar-refractivity contribution in [2.45, 2.75) is 6.92 Å². The van der Waals surface area contributed by atoms with Gasteiger partial charge in [-0.1, -0.05) is 30.1 Å². The van der Waals surface area contributed by atoms with E-state index in [2.05, 4.69) is 22.0 Å². The molecule has 1 fully saturated rings. The van der Waals surface area contributed by atoms with E-state index in [1.54, 1.807) is 18.2 Å². The van der Waals surface area contributed by atoms with Crippen LogP contribution in [0.3, 0.4) is 0 Å². The quantitative estimate of drug-likeness (QED) is 0.927. The largest absolute Gasteiger partial charge is 0.324 e. The lowest BCUT2D eigenvalue weighted by atomic mass is 10.3. The van der Waals surface area contributed by atoms with Crippen LogP contribution in [0.2, 0.25) is 10.0 Å². The smallest absolute Gasteiger partial charge is 0.238 e. The average Bonchev–Trinajstić information content (AvgIpc) is 2.43. The number of carbonyl (C=O) groups excluding carboxylic acids is 1. The van der Waals surface area contributed by atoms with Gasteiger partial charge in [-0.05, 0) is 24.7 Å². The fourth-order valence-electron chi connectivity index (χ4n) is 2.25. The van der Waals surface area contributed by atoms with E-state index >= 15 is 0 Å². The van der Waals surface area contributed by atoms with Crippen molar-refractivity contribution in [3.63, 3.8) is 0 Å². The number of piperazine rings is 1. The Kier molecular flexibility index (Phi) is 5.66. The van der Waals surface area contributed by atoms with Gasteiger partial charge in [0, 0.05) is 31.2 Å². The molecular weight excluding hydrogens is 297 g/mol. The monoisotopic (exact) mass is 315 g/mol. The normalized spacial score (nSPS) is 17.1. The van der Waals surface area contributed by atoms with Crippen molar-refractivity contribution in [2.75, 3.05) is 44.6 Å². The highest BCUT2D eigenvalue weighted by Crippen LogP contribution is 2.25. The Morgan fingerprint density at radius 3 is 2.45 bits per heavy atom. The van der Waals surface area contributed by atoms with Gasteiger partial charge in [0.25, 0.3) is 0 Å². The van der Waals surface area contributed by atoms with Crippen molar-refractivity contribution < 1.29 is 4.79 Å². The highest BCUT2D eigenvalue weighted by Gasteiger charge is 2.18. The van der Waals surface area contributed by atoms with Crippen LogP contribution in [0.5, 0.6) is 0 Å². The maximum absolute atomic E-state index is 12.0. The Labute approximate surface area is 129 Å². The molecule has 1 amide bonds. The Balaban J connectivity index is 1.84. The van der Waals surface area contributed by atoms with Gasteiger partial charge in [-0.25, -0.2) is 0 Å². The third-order valence-corrected chi connectivity index (χ3v) is 4.03. The van der Waals surface area contributed by atoms with Crippen molar-refractivity contribution in [3.8, 4) is 0 Å². The molecule has 6 heteroatoms. The standard InChI is InChI=1S/C14H19Cl2N3O/c1-2-18-5-7-19(8-6-18)10-14(20)17-13-4-3-11(15)9-12(13)16/h3-4,9H,2,5-8,10H2,1H3,(H,17,20). The number of halogens is 2. The zero-order valence-corrected chi connectivity index (χ0v) is 13.0. The zero-order valence-electron chi connectivity index (χ0n) is 11.5. The number of amides is 1. The van der Waals surface area contributed by atoms with E-state index < -0.39 is 0 Å². The van der Waals surface area contributed by atoms with Crippen molar-refractivity contribution in [1.82, 2.24) is 9.80 Å². The fourth-order valence-corrected chi connectivity index (χ4v) is 2.70. The summed E-state index contributed by atoms with van der Waals surface area (Å²) in [5, 5.41) is 3.84. The first-order valence-corrected chi connectivity index (χ1v) is 7.53. The number of carbonyl (C=O) groups is 1. The molecule has 1 saturated heterocycles. The summed E-state index contributed by atoms with van der Waals surface area (Å²) >= 11 is 11.9. The maximum Gasteiger partial charge on any atom is 0.238 e. The summed E-state index contributed by atoms with van der Waals surface area (Å²) in [6.45, 7) is 7.52. The number of likely N-dealkylation sites (N-methyl/N-ethyl adjacent to an activating group) is 1. The van der Waals surface area contributed by atoms with Crippen LogP contribution in [-0.2, 0) is 4.79 Å². The number of rotatable bonds is 4. The minimum atomic E-state index is -0.0424. The lowest BCUT2D eigenvalue weighted by molar-refractivity contribution is -0.117. The number of hydrogen-bond donors (Lipinski definition) is 1. The van der Waals surface area contributed by atoms with E-state index in [1.165, 1.54) is 0 Å². The molecule has 1 aromatic carbocycles. The summed E-state index contributed by atoms with van der Waals surface area (Å²) in [5.41, 5.74) is 0.605. The molecular formula is C14H19Cl2N3O. The molecule has 1 aliphatic rings. The van der Waals surface area contributed by atoms with Crippen LogP contribution in [0.1, 0.15) is 6.92 Å². The second-order valence-corrected chi connectivity index (χ2v) is 5.73. The van der Waals surface area contributed by atoms with Gasteiger partial charge < -0.3 is 10.2 Å². The predicted octanol–water partition coefficient (Wildman–Crippen LogP) is 2.57. The molecule has 0 radical (unpaired) electrons. The number of nitrogens with one attached hydrogen (secondary N) is 1. The summed E-state index contributed by atoms with van der Waals surface area (Å²) in [6.07, 6.45) is 0. The molecule has 0 atom stereocenters. The van der Waals surface area contributed by atoms with Crippen molar-refractivity contribution >= 4 is 34.8 Å². The molecule has 2 rings (SSSR count). The molecule has 0 unspecified atom stereocenters. The van der Waals surface area contributed by atoms with E-state index in [0.717, 1.165) is 32.7 Å². The summed E-state index contributed by atoms with van der Waals surface area (Å²) in [7, 11) is 0. The number of hydrogen-bond acceptors (Lipinski definition) is 3. The maximum atomic E-state index is 12.0. The molecule has 0 aliphatic carbocycles. The summed E-state index contributed by atoms with van der Waals surface area (Å²) in [6, 6.07) is 5.05. The van der Waals surface area contributed by atoms with Crippen LogP contribution >= 0.6 is 23.2 Å². The van der Waals surface area contributed by atoms with Crippen LogP contribution in [0.4, 0.5) is 5.69 Å². The Bertz CT molecular complexity index is 473. The van der Waals surface area contributed by atoms with Gasteiger partial charge in [-0.2, -0.15) is 0 Å². The lowest BCUT2D eigenvalue weighted by Crippen LogP contribution is -2.48. The zero-order chi connectivity index (χ0) is 14.5. The number of benzene rings is 1. The molecule has 0 bridgehead atoms. The SMILES string of the molecule is CCN1CCN(CC(=O)Nc2ccc(Cl)cc2Cl)CC1. The van der Waals surface area contributed by atoms with Crippen molar-refractivity contribution in [1.29, 1.82) is 0 Å². The van der Waals surface area contributed by atoms with Crippen LogP contribution in [0.25, 0.3) is 0 Å². The van der Waals surface area contributed by atoms with Gasteiger partial charge in [-0.3, -0.25) is 9.69 Å². The summed E-state index contributed by atoms with van der Waals surface area (Å²) in [5.74, 6) is -0.0424. The number of anilines is 1. The summed E-state index contributed by atoms with van der Waals surface area (Å²) in [4.78, 5) is 16.5. The third kappa shape index (κ3) is 4.35. The van der Waals surface area contributed by atoms with E-state index in [-0.39, 0.29) is 5.91 Å². The second kappa shape index (κ2) is 7.27. The van der Waals surface area contributed by atoms with Gasteiger partial charge >= 0.3 is 0 Å². The lowest BCUT2D eigenvalue weighted by Gasteiger charge is -2.33. The summed E-state index contributed by atoms with van der Waals surface area (Å²) < 4.78 is 0. The number of nitrogens with zero attached hydrogens (tertiary/aromatic N) is 2. The van der Waals surface area contributed by atoms with Crippen molar-refractivity contribution in [2.24, 2.45) is 0 Å². The van der Waals surface area contributed by atoms with Crippen LogP contribution in [-0.4, -0.2) is 55.0 Å². The van der Waals surface area contributed by atoms with Gasteiger partial charge in [0.05, 0.1) is 17.3 Å². The molecule has 0 aromatic heterocycles. The highest BCUT2D eigenvalue weighted by molar-refractivity contribution is 6.36. The molecule has 4 nitrogen and oxygen atoms in total. The Morgan fingerprint density at radius 2 is 1.85 bits per heavy atom. The molecule has 110 valence electrons. The van der Waals surface area contributed by atoms with E-state index in [4.69, 9.17) is 23.2 Å². The minimum absolute atomic E-state index is 0.0424. The topological polar surface area (TPSA) is 35.6 Å². The van der Waals surface area contributed by atoms with E-state index in [9.17, 15) is 4.79 Å². The molecule has 1 aromatic rings. The van der Waals surface area contributed by atoms with E-state index in [0.29, 0.717) is 22.3 Å². The van der Waals surface area contributed by atoms with Crippen LogP contribution < -0.4 is 5.32 Å². The van der Waals surface area contributed by atoms with Gasteiger partial charge in [-0.15, -0.1) is 0 Å². The van der Waals surface area contributed by atoms with Gasteiger partial charge in [0.1, 0.15) is 0 Å². The first kappa shape index (κ1) is 15.6. The molecule has 20 heavy (non-hydrogen) atoms. The van der Waals surface area contributed by atoms with E-state index in [1.807, 2.05) is 0 Å². The van der Waals surface area contributed by atoms with Gasteiger partial charge in [0.2, 0.25) is 5.91 Å². The Morgan fingerprint density at radius 1 is 1.20 bits per heavy atom. The first-order valence-electron chi connectivity index (χ1n) is 6.78. The fraction of sp³-hybridized carbons (Fsp3) is 0.500. The highest BCUT2D eigenvalue weighted by atomic mass is 35.5. The van der Waals surface area contributed by atoms with Gasteiger partial charge in [0.15, 0.2) is 0 Å². The molecule has 0 spiro atoms.